The molecule has 0 atom stereocenters. The molecule has 5 heteroatoms. The zero-order chi connectivity index (χ0) is 14.9. The molecule has 0 spiro atoms. The van der Waals surface area contributed by atoms with Gasteiger partial charge in [-0.2, -0.15) is 0 Å². The average molecular weight is 291 g/mol. The molecule has 0 fully saturated rings. The third-order valence-electron chi connectivity index (χ3n) is 3.60. The Labute approximate surface area is 126 Å². The van der Waals surface area contributed by atoms with Crippen LogP contribution < -0.4 is 5.32 Å². The fraction of sp³-hybridized carbons (Fsp3) is 0.0588. The van der Waals surface area contributed by atoms with Gasteiger partial charge in [0.15, 0.2) is 12.0 Å². The van der Waals surface area contributed by atoms with E-state index in [0.717, 1.165) is 22.0 Å². The van der Waals surface area contributed by atoms with Crippen LogP contribution >= 0.6 is 0 Å². The van der Waals surface area contributed by atoms with Gasteiger partial charge in [-0.3, -0.25) is 4.79 Å². The molecule has 0 bridgehead atoms. The van der Waals surface area contributed by atoms with Crippen molar-refractivity contribution in [3.05, 3.63) is 60.6 Å². The number of aromatic amines is 1. The summed E-state index contributed by atoms with van der Waals surface area (Å²) in [5, 5.41) is 3.99. The van der Waals surface area contributed by atoms with E-state index in [-0.39, 0.29) is 5.91 Å². The number of hydrogen-bond acceptors (Lipinski definition) is 3. The van der Waals surface area contributed by atoms with Crippen molar-refractivity contribution in [2.75, 3.05) is 5.32 Å². The maximum absolute atomic E-state index is 12.2. The van der Waals surface area contributed by atoms with Crippen molar-refractivity contribution in [2.45, 2.75) is 6.42 Å². The molecule has 0 aliphatic carbocycles. The van der Waals surface area contributed by atoms with Crippen molar-refractivity contribution >= 4 is 33.6 Å². The normalized spacial score (nSPS) is 11.1. The highest BCUT2D eigenvalue weighted by Crippen LogP contribution is 2.18. The number of nitrogens with one attached hydrogen (secondary N) is 2. The Morgan fingerprint density at radius 3 is 3.09 bits per heavy atom. The van der Waals surface area contributed by atoms with Gasteiger partial charge in [0, 0.05) is 17.4 Å². The lowest BCUT2D eigenvalue weighted by Gasteiger charge is -2.05. The van der Waals surface area contributed by atoms with Crippen LogP contribution in [0.1, 0.15) is 5.56 Å². The summed E-state index contributed by atoms with van der Waals surface area (Å²) in [5.41, 5.74) is 4.20. The summed E-state index contributed by atoms with van der Waals surface area (Å²) in [5.74, 6) is -0.0577. The number of H-pyrrole nitrogens is 1. The van der Waals surface area contributed by atoms with Gasteiger partial charge in [-0.25, -0.2) is 4.98 Å². The number of oxazole rings is 1. The van der Waals surface area contributed by atoms with E-state index in [1.807, 2.05) is 30.5 Å². The molecule has 0 saturated heterocycles. The van der Waals surface area contributed by atoms with E-state index in [2.05, 4.69) is 15.3 Å². The minimum absolute atomic E-state index is 0.0577. The summed E-state index contributed by atoms with van der Waals surface area (Å²) in [6.07, 6.45) is 3.61. The first-order valence-corrected chi connectivity index (χ1v) is 6.97. The number of anilines is 1. The quantitative estimate of drug-likeness (QED) is 0.607. The van der Waals surface area contributed by atoms with Crippen LogP contribution in [0.3, 0.4) is 0 Å². The van der Waals surface area contributed by atoms with Crippen molar-refractivity contribution in [3.63, 3.8) is 0 Å². The second-order valence-electron chi connectivity index (χ2n) is 5.16. The molecule has 2 N–H and O–H groups in total. The summed E-state index contributed by atoms with van der Waals surface area (Å²) in [7, 11) is 0. The van der Waals surface area contributed by atoms with Crippen LogP contribution in [0.25, 0.3) is 22.0 Å². The number of carbonyl (C=O) groups is 1. The number of benzene rings is 2. The minimum Gasteiger partial charge on any atom is -0.443 e. The Hall–Kier alpha value is -3.08. The molecule has 0 unspecified atom stereocenters. The van der Waals surface area contributed by atoms with Gasteiger partial charge in [0.1, 0.15) is 5.52 Å². The molecule has 5 nitrogen and oxygen atoms in total. The highest BCUT2D eigenvalue weighted by Gasteiger charge is 2.07. The van der Waals surface area contributed by atoms with Gasteiger partial charge in [0.25, 0.3) is 0 Å². The van der Waals surface area contributed by atoms with E-state index in [4.69, 9.17) is 4.42 Å². The van der Waals surface area contributed by atoms with E-state index in [1.54, 1.807) is 18.2 Å². The Kier molecular flexibility index (Phi) is 2.89. The molecule has 22 heavy (non-hydrogen) atoms. The lowest BCUT2D eigenvalue weighted by atomic mass is 10.1. The van der Waals surface area contributed by atoms with E-state index in [9.17, 15) is 4.79 Å². The van der Waals surface area contributed by atoms with E-state index in [0.29, 0.717) is 17.7 Å². The number of nitrogens with zero attached hydrogens (tertiary/aromatic N) is 1. The standard InChI is InChI=1S/C17H13N3O2/c21-17(8-11-1-3-14-12(7-11)5-6-18-14)20-13-2-4-16-15(9-13)19-10-22-16/h1-7,9-10,18H,8H2,(H,20,21). The fourth-order valence-corrected chi connectivity index (χ4v) is 2.54. The smallest absolute Gasteiger partial charge is 0.228 e. The molecule has 108 valence electrons. The molecule has 4 rings (SSSR count). The zero-order valence-corrected chi connectivity index (χ0v) is 11.7. The largest absolute Gasteiger partial charge is 0.443 e. The SMILES string of the molecule is O=C(Cc1ccc2[nH]ccc2c1)Nc1ccc2ocnc2c1. The molecule has 0 radical (unpaired) electrons. The summed E-state index contributed by atoms with van der Waals surface area (Å²) in [6, 6.07) is 13.4. The molecule has 2 heterocycles. The van der Waals surface area contributed by atoms with Crippen LogP contribution in [-0.2, 0) is 11.2 Å². The van der Waals surface area contributed by atoms with Gasteiger partial charge in [0.2, 0.25) is 5.91 Å². The molecule has 4 aromatic rings. The van der Waals surface area contributed by atoms with Crippen LogP contribution in [0.15, 0.2) is 59.5 Å². The number of aromatic nitrogens is 2. The third-order valence-corrected chi connectivity index (χ3v) is 3.60. The van der Waals surface area contributed by atoms with Gasteiger partial charge in [-0.05, 0) is 47.3 Å². The Balaban J connectivity index is 1.51. The van der Waals surface area contributed by atoms with Gasteiger partial charge in [0.05, 0.1) is 6.42 Å². The van der Waals surface area contributed by atoms with Crippen molar-refractivity contribution in [1.82, 2.24) is 9.97 Å². The lowest BCUT2D eigenvalue weighted by molar-refractivity contribution is -0.115. The maximum Gasteiger partial charge on any atom is 0.228 e. The molecule has 2 aromatic heterocycles. The van der Waals surface area contributed by atoms with Gasteiger partial charge >= 0.3 is 0 Å². The highest BCUT2D eigenvalue weighted by molar-refractivity contribution is 5.94. The zero-order valence-electron chi connectivity index (χ0n) is 11.7. The van der Waals surface area contributed by atoms with E-state index >= 15 is 0 Å². The van der Waals surface area contributed by atoms with Crippen LogP contribution in [0.5, 0.6) is 0 Å². The van der Waals surface area contributed by atoms with Crippen LogP contribution in [0, 0.1) is 0 Å². The summed E-state index contributed by atoms with van der Waals surface area (Å²) in [4.78, 5) is 19.4. The summed E-state index contributed by atoms with van der Waals surface area (Å²) in [6.45, 7) is 0. The number of amides is 1. The molecule has 2 aromatic carbocycles. The highest BCUT2D eigenvalue weighted by atomic mass is 16.3. The van der Waals surface area contributed by atoms with E-state index < -0.39 is 0 Å². The first kappa shape index (κ1) is 12.6. The van der Waals surface area contributed by atoms with Crippen molar-refractivity contribution in [1.29, 1.82) is 0 Å². The predicted octanol–water partition coefficient (Wildman–Crippen LogP) is 3.49. The van der Waals surface area contributed by atoms with Crippen molar-refractivity contribution in [3.8, 4) is 0 Å². The summed E-state index contributed by atoms with van der Waals surface area (Å²) >= 11 is 0. The van der Waals surface area contributed by atoms with Crippen molar-refractivity contribution in [2.24, 2.45) is 0 Å². The Morgan fingerprint density at radius 2 is 2.14 bits per heavy atom. The van der Waals surface area contributed by atoms with E-state index in [1.165, 1.54) is 6.39 Å². The Morgan fingerprint density at radius 1 is 1.18 bits per heavy atom. The van der Waals surface area contributed by atoms with Crippen LogP contribution in [0.2, 0.25) is 0 Å². The second-order valence-corrected chi connectivity index (χ2v) is 5.16. The topological polar surface area (TPSA) is 70.9 Å². The molecular formula is C17H13N3O2. The average Bonchev–Trinajstić information content (AvgIpc) is 3.14. The molecule has 0 aliphatic heterocycles. The number of carbonyl (C=O) groups excluding carboxylic acids is 1. The number of fused-ring (bicyclic) bond motifs is 2. The van der Waals surface area contributed by atoms with Crippen LogP contribution in [0.4, 0.5) is 5.69 Å². The third kappa shape index (κ3) is 2.33. The molecule has 0 aliphatic rings. The summed E-state index contributed by atoms with van der Waals surface area (Å²) < 4.78 is 5.18. The first-order chi connectivity index (χ1) is 10.8. The fourth-order valence-electron chi connectivity index (χ4n) is 2.54. The molecular weight excluding hydrogens is 278 g/mol. The lowest BCUT2D eigenvalue weighted by Crippen LogP contribution is -2.14. The number of hydrogen-bond donors (Lipinski definition) is 2. The van der Waals surface area contributed by atoms with Gasteiger partial charge in [-0.15, -0.1) is 0 Å². The minimum atomic E-state index is -0.0577. The predicted molar refractivity (Wildman–Crippen MR) is 84.6 cm³/mol. The number of rotatable bonds is 3. The van der Waals surface area contributed by atoms with Gasteiger partial charge < -0.3 is 14.7 Å². The van der Waals surface area contributed by atoms with Crippen molar-refractivity contribution < 1.29 is 9.21 Å². The molecule has 0 saturated carbocycles. The van der Waals surface area contributed by atoms with Gasteiger partial charge in [-0.1, -0.05) is 6.07 Å². The first-order valence-electron chi connectivity index (χ1n) is 6.97. The second kappa shape index (κ2) is 5.04. The van der Waals surface area contributed by atoms with Crippen LogP contribution in [-0.4, -0.2) is 15.9 Å². The Bertz CT molecular complexity index is 890. The monoisotopic (exact) mass is 291 g/mol. The maximum atomic E-state index is 12.2. The molecule has 1 amide bonds.